The third-order valence-corrected chi connectivity index (χ3v) is 3.66. The summed E-state index contributed by atoms with van der Waals surface area (Å²) in [5, 5.41) is 9.86. The molecule has 2 rings (SSSR count). The van der Waals surface area contributed by atoms with Crippen molar-refractivity contribution in [3.05, 3.63) is 34.9 Å². The first-order valence-corrected chi connectivity index (χ1v) is 5.47. The number of hydrogen-bond acceptors (Lipinski definition) is 1. The third-order valence-electron chi connectivity index (χ3n) is 3.40. The molecule has 80 valence electrons. The Labute approximate surface area is 93.9 Å². The van der Waals surface area contributed by atoms with Crippen LogP contribution in [0, 0.1) is 5.41 Å². The van der Waals surface area contributed by atoms with Gasteiger partial charge >= 0.3 is 5.97 Å². The summed E-state index contributed by atoms with van der Waals surface area (Å²) in [6, 6.07) is 7.48. The Bertz CT molecular complexity index is 385. The third kappa shape index (κ3) is 1.63. The predicted octanol–water partition coefficient (Wildman–Crippen LogP) is 3.31. The van der Waals surface area contributed by atoms with Crippen molar-refractivity contribution < 1.29 is 9.90 Å². The zero-order valence-electron chi connectivity index (χ0n) is 8.53. The smallest absolute Gasteiger partial charge is 0.310 e. The molecule has 1 aliphatic carbocycles. The largest absolute Gasteiger partial charge is 0.481 e. The van der Waals surface area contributed by atoms with Gasteiger partial charge in [0.15, 0.2) is 0 Å². The molecule has 0 saturated heterocycles. The molecular formula is C12H13ClO2. The lowest BCUT2D eigenvalue weighted by molar-refractivity contribution is -0.143. The number of benzene rings is 1. The number of carboxylic acid groups (broad SMARTS) is 1. The second kappa shape index (κ2) is 3.53. The van der Waals surface area contributed by atoms with Gasteiger partial charge in [-0.3, -0.25) is 4.79 Å². The van der Waals surface area contributed by atoms with Crippen LogP contribution in [-0.4, -0.2) is 11.1 Å². The number of halogens is 1. The number of carbonyl (C=O) groups is 1. The molecule has 3 heteroatoms. The van der Waals surface area contributed by atoms with E-state index in [1.807, 2.05) is 31.2 Å². The Hall–Kier alpha value is -1.02. The van der Waals surface area contributed by atoms with Gasteiger partial charge in [0.25, 0.3) is 0 Å². The fourth-order valence-electron chi connectivity index (χ4n) is 2.22. The van der Waals surface area contributed by atoms with E-state index in [4.69, 9.17) is 16.7 Å². The zero-order chi connectivity index (χ0) is 11.1. The normalized spacial score (nSPS) is 28.8. The Balaban J connectivity index is 2.22. The molecule has 0 spiro atoms. The van der Waals surface area contributed by atoms with Crippen LogP contribution in [-0.2, 0) is 4.79 Å². The minimum atomic E-state index is -0.676. The van der Waals surface area contributed by atoms with E-state index < -0.39 is 11.4 Å². The summed E-state index contributed by atoms with van der Waals surface area (Å²) < 4.78 is 0. The molecule has 2 nitrogen and oxygen atoms in total. The SMILES string of the molecule is CCC1(C(=O)O)CC1c1ccc(Cl)cc1. The lowest BCUT2D eigenvalue weighted by Crippen LogP contribution is -2.15. The number of aliphatic carboxylic acids is 1. The average molecular weight is 225 g/mol. The first-order chi connectivity index (χ1) is 7.10. The molecule has 0 bridgehead atoms. The van der Waals surface area contributed by atoms with Crippen molar-refractivity contribution in [1.82, 2.24) is 0 Å². The average Bonchev–Trinajstić information content (AvgIpc) is 2.95. The number of rotatable bonds is 3. The van der Waals surface area contributed by atoms with Gasteiger partial charge in [-0.05, 0) is 30.5 Å². The van der Waals surface area contributed by atoms with Crippen molar-refractivity contribution in [2.24, 2.45) is 5.41 Å². The van der Waals surface area contributed by atoms with E-state index in [2.05, 4.69) is 0 Å². The molecule has 1 saturated carbocycles. The lowest BCUT2D eigenvalue weighted by Gasteiger charge is -2.08. The zero-order valence-corrected chi connectivity index (χ0v) is 9.29. The van der Waals surface area contributed by atoms with Crippen LogP contribution < -0.4 is 0 Å². The van der Waals surface area contributed by atoms with Gasteiger partial charge in [0.2, 0.25) is 0 Å². The summed E-state index contributed by atoms with van der Waals surface area (Å²) in [5.74, 6) is -0.512. The van der Waals surface area contributed by atoms with Crippen LogP contribution in [0.5, 0.6) is 0 Å². The fraction of sp³-hybridized carbons (Fsp3) is 0.417. The predicted molar refractivity (Wildman–Crippen MR) is 59.2 cm³/mol. The Morgan fingerprint density at radius 1 is 1.53 bits per heavy atom. The molecule has 1 aromatic carbocycles. The summed E-state index contributed by atoms with van der Waals surface area (Å²) in [6.07, 6.45) is 1.44. The van der Waals surface area contributed by atoms with Crippen LogP contribution in [0.15, 0.2) is 24.3 Å². The molecule has 2 unspecified atom stereocenters. The van der Waals surface area contributed by atoms with Gasteiger partial charge in [-0.15, -0.1) is 0 Å². The van der Waals surface area contributed by atoms with E-state index in [1.54, 1.807) is 0 Å². The van der Waals surface area contributed by atoms with Crippen LogP contribution in [0.25, 0.3) is 0 Å². The minimum Gasteiger partial charge on any atom is -0.481 e. The van der Waals surface area contributed by atoms with E-state index in [9.17, 15) is 4.79 Å². The Morgan fingerprint density at radius 3 is 2.53 bits per heavy atom. The molecule has 0 amide bonds. The van der Waals surface area contributed by atoms with E-state index in [-0.39, 0.29) is 5.92 Å². The quantitative estimate of drug-likeness (QED) is 0.855. The summed E-state index contributed by atoms with van der Waals surface area (Å²) in [4.78, 5) is 11.1. The summed E-state index contributed by atoms with van der Waals surface area (Å²) in [7, 11) is 0. The number of hydrogen-bond donors (Lipinski definition) is 1. The molecule has 1 aliphatic rings. The maximum Gasteiger partial charge on any atom is 0.310 e. The fourth-order valence-corrected chi connectivity index (χ4v) is 2.34. The first kappa shape index (κ1) is 10.5. The van der Waals surface area contributed by atoms with Crippen molar-refractivity contribution in [3.63, 3.8) is 0 Å². The van der Waals surface area contributed by atoms with Crippen molar-refractivity contribution in [1.29, 1.82) is 0 Å². The molecule has 1 fully saturated rings. The van der Waals surface area contributed by atoms with Crippen LogP contribution in [0.3, 0.4) is 0 Å². The van der Waals surface area contributed by atoms with Crippen molar-refractivity contribution in [3.8, 4) is 0 Å². The van der Waals surface area contributed by atoms with E-state index >= 15 is 0 Å². The maximum atomic E-state index is 11.1. The van der Waals surface area contributed by atoms with Crippen LogP contribution in [0.2, 0.25) is 5.02 Å². The molecule has 1 aromatic rings. The van der Waals surface area contributed by atoms with Gasteiger partial charge in [0.05, 0.1) is 5.41 Å². The van der Waals surface area contributed by atoms with Crippen LogP contribution in [0.4, 0.5) is 0 Å². The molecule has 1 N–H and O–H groups in total. The maximum absolute atomic E-state index is 11.1. The highest BCUT2D eigenvalue weighted by atomic mass is 35.5. The van der Waals surface area contributed by atoms with Gasteiger partial charge < -0.3 is 5.11 Å². The Kier molecular flexibility index (Phi) is 2.47. The van der Waals surface area contributed by atoms with Crippen molar-refractivity contribution in [2.75, 3.05) is 0 Å². The molecule has 2 atom stereocenters. The lowest BCUT2D eigenvalue weighted by atomic mass is 9.96. The van der Waals surface area contributed by atoms with E-state index in [0.717, 1.165) is 12.0 Å². The molecule has 0 aliphatic heterocycles. The summed E-state index contributed by atoms with van der Waals surface area (Å²) >= 11 is 5.79. The van der Waals surface area contributed by atoms with Gasteiger partial charge in [-0.2, -0.15) is 0 Å². The first-order valence-electron chi connectivity index (χ1n) is 5.09. The second-order valence-corrected chi connectivity index (χ2v) is 4.56. The standard InChI is InChI=1S/C12H13ClO2/c1-2-12(11(14)15)7-10(12)8-3-5-9(13)6-4-8/h3-6,10H,2,7H2,1H3,(H,14,15). The Morgan fingerprint density at radius 2 is 2.13 bits per heavy atom. The van der Waals surface area contributed by atoms with Crippen LogP contribution in [0.1, 0.15) is 31.2 Å². The second-order valence-electron chi connectivity index (χ2n) is 4.12. The number of carboxylic acids is 1. The summed E-state index contributed by atoms with van der Waals surface area (Å²) in [6.45, 7) is 1.93. The van der Waals surface area contributed by atoms with Crippen LogP contribution >= 0.6 is 11.6 Å². The minimum absolute atomic E-state index is 0.164. The van der Waals surface area contributed by atoms with Gasteiger partial charge in [-0.25, -0.2) is 0 Å². The summed E-state index contributed by atoms with van der Waals surface area (Å²) in [5.41, 5.74) is 0.567. The highest BCUT2D eigenvalue weighted by Crippen LogP contribution is 2.61. The van der Waals surface area contributed by atoms with E-state index in [1.165, 1.54) is 0 Å². The van der Waals surface area contributed by atoms with E-state index in [0.29, 0.717) is 11.4 Å². The molecule has 0 radical (unpaired) electrons. The van der Waals surface area contributed by atoms with Crippen molar-refractivity contribution >= 4 is 17.6 Å². The molecule has 0 heterocycles. The molecule has 15 heavy (non-hydrogen) atoms. The monoisotopic (exact) mass is 224 g/mol. The van der Waals surface area contributed by atoms with Crippen molar-refractivity contribution in [2.45, 2.75) is 25.7 Å². The van der Waals surface area contributed by atoms with Gasteiger partial charge in [-0.1, -0.05) is 30.7 Å². The highest BCUT2D eigenvalue weighted by molar-refractivity contribution is 6.30. The van der Waals surface area contributed by atoms with Gasteiger partial charge in [0.1, 0.15) is 0 Å². The highest BCUT2D eigenvalue weighted by Gasteiger charge is 2.59. The molecule has 0 aromatic heterocycles. The topological polar surface area (TPSA) is 37.3 Å². The molecular weight excluding hydrogens is 212 g/mol. The van der Waals surface area contributed by atoms with Gasteiger partial charge in [0, 0.05) is 10.9 Å².